The summed E-state index contributed by atoms with van der Waals surface area (Å²) in [4.78, 5) is 16.4. The summed E-state index contributed by atoms with van der Waals surface area (Å²) in [5, 5.41) is 18.3. The van der Waals surface area contributed by atoms with Crippen molar-refractivity contribution in [3.8, 4) is 6.07 Å². The number of hydrogen-bond donors (Lipinski definition) is 1. The van der Waals surface area contributed by atoms with Crippen LogP contribution in [-0.2, 0) is 0 Å². The van der Waals surface area contributed by atoms with Gasteiger partial charge >= 0.3 is 0 Å². The Morgan fingerprint density at radius 2 is 2.18 bits per heavy atom. The number of amides is 1. The molecule has 0 aliphatic carbocycles. The summed E-state index contributed by atoms with van der Waals surface area (Å²) in [6, 6.07) is 5.94. The lowest BCUT2D eigenvalue weighted by atomic mass is 10.1. The van der Waals surface area contributed by atoms with E-state index in [2.05, 4.69) is 4.90 Å². The molecule has 6 heteroatoms. The summed E-state index contributed by atoms with van der Waals surface area (Å²) in [5.41, 5.74) is -0.0801. The van der Waals surface area contributed by atoms with Gasteiger partial charge < -0.3 is 10.0 Å². The van der Waals surface area contributed by atoms with Crippen molar-refractivity contribution < 1.29 is 14.3 Å². The van der Waals surface area contributed by atoms with Crippen LogP contribution in [0.25, 0.3) is 0 Å². The number of benzene rings is 1. The van der Waals surface area contributed by atoms with E-state index in [9.17, 15) is 14.3 Å². The van der Waals surface area contributed by atoms with E-state index >= 15 is 0 Å². The fourth-order valence-corrected chi connectivity index (χ4v) is 2.68. The van der Waals surface area contributed by atoms with Gasteiger partial charge in [-0.05, 0) is 25.5 Å². The molecule has 1 heterocycles. The fraction of sp³-hybridized carbons (Fsp3) is 0.500. The number of rotatable bonds is 3. The number of hydrogen-bond acceptors (Lipinski definition) is 4. The van der Waals surface area contributed by atoms with Crippen LogP contribution in [0.2, 0.25) is 0 Å². The number of aliphatic hydroxyl groups excluding tert-OH is 1. The van der Waals surface area contributed by atoms with E-state index in [0.717, 1.165) is 13.0 Å². The minimum atomic E-state index is -0.668. The summed E-state index contributed by atoms with van der Waals surface area (Å²) < 4.78 is 13.6. The van der Waals surface area contributed by atoms with Crippen LogP contribution in [0.4, 0.5) is 4.39 Å². The molecule has 22 heavy (non-hydrogen) atoms. The SMILES string of the molecule is CC(CO)N1CCCN(C(=O)c2cccc(F)c2C#N)CC1. The molecule has 1 N–H and O–H groups in total. The second-order valence-electron chi connectivity index (χ2n) is 5.49. The number of halogens is 1. The Balaban J connectivity index is 2.14. The van der Waals surface area contributed by atoms with Gasteiger partial charge in [-0.1, -0.05) is 6.07 Å². The predicted octanol–water partition coefficient (Wildman–Crippen LogP) is 1.23. The van der Waals surface area contributed by atoms with Crippen molar-refractivity contribution in [2.75, 3.05) is 32.8 Å². The third kappa shape index (κ3) is 3.43. The van der Waals surface area contributed by atoms with Crippen molar-refractivity contribution in [1.82, 2.24) is 9.80 Å². The molecule has 2 rings (SSSR count). The average Bonchev–Trinajstić information content (AvgIpc) is 2.79. The van der Waals surface area contributed by atoms with Gasteiger partial charge in [0.05, 0.1) is 12.2 Å². The van der Waals surface area contributed by atoms with Gasteiger partial charge in [0.15, 0.2) is 0 Å². The Kier molecular flexibility index (Phi) is 5.47. The van der Waals surface area contributed by atoms with Gasteiger partial charge in [0.1, 0.15) is 17.4 Å². The molecule has 1 aromatic carbocycles. The van der Waals surface area contributed by atoms with E-state index < -0.39 is 5.82 Å². The number of aliphatic hydroxyl groups is 1. The Labute approximate surface area is 129 Å². The standard InChI is InChI=1S/C16H20FN3O2/c1-12(11-21)19-6-3-7-20(9-8-19)16(22)13-4-2-5-15(17)14(13)10-18/h2,4-5,12,21H,3,6-9,11H2,1H3. The van der Waals surface area contributed by atoms with Crippen LogP contribution in [0, 0.1) is 17.1 Å². The van der Waals surface area contributed by atoms with Gasteiger partial charge in [-0.15, -0.1) is 0 Å². The molecule has 1 unspecified atom stereocenters. The zero-order valence-corrected chi connectivity index (χ0v) is 12.6. The molecule has 1 aliphatic rings. The van der Waals surface area contributed by atoms with E-state index in [-0.39, 0.29) is 29.7 Å². The van der Waals surface area contributed by atoms with Gasteiger partial charge in [0.25, 0.3) is 5.91 Å². The first kappa shape index (κ1) is 16.4. The quantitative estimate of drug-likeness (QED) is 0.912. The highest BCUT2D eigenvalue weighted by Crippen LogP contribution is 2.16. The van der Waals surface area contributed by atoms with Crippen molar-refractivity contribution >= 4 is 5.91 Å². The molecular weight excluding hydrogens is 285 g/mol. The molecule has 1 aliphatic heterocycles. The normalized spacial score (nSPS) is 17.6. The lowest BCUT2D eigenvalue weighted by Gasteiger charge is -2.26. The highest BCUT2D eigenvalue weighted by Gasteiger charge is 2.24. The van der Waals surface area contributed by atoms with Crippen LogP contribution in [0.1, 0.15) is 29.3 Å². The highest BCUT2D eigenvalue weighted by atomic mass is 19.1. The zero-order chi connectivity index (χ0) is 16.1. The first-order valence-corrected chi connectivity index (χ1v) is 7.41. The van der Waals surface area contributed by atoms with Gasteiger partial charge in [-0.3, -0.25) is 9.69 Å². The largest absolute Gasteiger partial charge is 0.395 e. The van der Waals surface area contributed by atoms with Crippen molar-refractivity contribution in [1.29, 1.82) is 5.26 Å². The molecule has 1 aromatic rings. The maximum absolute atomic E-state index is 13.6. The van der Waals surface area contributed by atoms with Crippen LogP contribution in [0.5, 0.6) is 0 Å². The first-order valence-electron chi connectivity index (χ1n) is 7.41. The fourth-order valence-electron chi connectivity index (χ4n) is 2.68. The van der Waals surface area contributed by atoms with Gasteiger partial charge in [-0.25, -0.2) is 4.39 Å². The summed E-state index contributed by atoms with van der Waals surface area (Å²) >= 11 is 0. The smallest absolute Gasteiger partial charge is 0.255 e. The minimum Gasteiger partial charge on any atom is -0.395 e. The van der Waals surface area contributed by atoms with Crippen molar-refractivity contribution in [2.45, 2.75) is 19.4 Å². The maximum Gasteiger partial charge on any atom is 0.255 e. The van der Waals surface area contributed by atoms with Crippen LogP contribution in [-0.4, -0.2) is 59.6 Å². The number of nitrogens with zero attached hydrogens (tertiary/aromatic N) is 3. The van der Waals surface area contributed by atoms with Crippen LogP contribution in [0.15, 0.2) is 18.2 Å². The van der Waals surface area contributed by atoms with Gasteiger partial charge in [0.2, 0.25) is 0 Å². The summed E-state index contributed by atoms with van der Waals surface area (Å²) in [5.74, 6) is -0.978. The molecule has 0 radical (unpaired) electrons. The Morgan fingerprint density at radius 3 is 2.86 bits per heavy atom. The molecule has 5 nitrogen and oxygen atoms in total. The topological polar surface area (TPSA) is 67.6 Å². The van der Waals surface area contributed by atoms with Crippen molar-refractivity contribution in [3.63, 3.8) is 0 Å². The van der Waals surface area contributed by atoms with E-state index in [1.165, 1.54) is 18.2 Å². The molecule has 0 saturated carbocycles. The Morgan fingerprint density at radius 1 is 1.41 bits per heavy atom. The highest BCUT2D eigenvalue weighted by molar-refractivity contribution is 5.96. The molecule has 0 spiro atoms. The monoisotopic (exact) mass is 305 g/mol. The molecule has 118 valence electrons. The Hall–Kier alpha value is -1.97. The molecule has 1 saturated heterocycles. The number of carbonyl (C=O) groups excluding carboxylic acids is 1. The Bertz CT molecular complexity index is 585. The lowest BCUT2D eigenvalue weighted by molar-refractivity contribution is 0.0753. The summed E-state index contributed by atoms with van der Waals surface area (Å²) in [6.07, 6.45) is 0.785. The number of carbonyl (C=O) groups is 1. The van der Waals surface area contributed by atoms with Gasteiger partial charge in [0, 0.05) is 32.2 Å². The van der Waals surface area contributed by atoms with E-state index in [0.29, 0.717) is 19.6 Å². The third-order valence-electron chi connectivity index (χ3n) is 4.06. The van der Waals surface area contributed by atoms with E-state index in [1.807, 2.05) is 6.92 Å². The first-order chi connectivity index (χ1) is 10.6. The minimum absolute atomic E-state index is 0.0545. The zero-order valence-electron chi connectivity index (χ0n) is 12.6. The predicted molar refractivity (Wildman–Crippen MR) is 79.8 cm³/mol. The molecule has 0 aromatic heterocycles. The molecule has 1 atom stereocenters. The second kappa shape index (κ2) is 7.34. The number of nitriles is 1. The molecule has 1 amide bonds. The molecule has 0 bridgehead atoms. The van der Waals surface area contributed by atoms with E-state index in [1.54, 1.807) is 11.0 Å². The summed E-state index contributed by atoms with van der Waals surface area (Å²) in [6.45, 7) is 4.55. The van der Waals surface area contributed by atoms with Crippen molar-refractivity contribution in [2.24, 2.45) is 0 Å². The third-order valence-corrected chi connectivity index (χ3v) is 4.06. The second-order valence-corrected chi connectivity index (χ2v) is 5.49. The van der Waals surface area contributed by atoms with E-state index in [4.69, 9.17) is 5.26 Å². The van der Waals surface area contributed by atoms with Gasteiger partial charge in [-0.2, -0.15) is 5.26 Å². The summed E-state index contributed by atoms with van der Waals surface area (Å²) in [7, 11) is 0. The van der Waals surface area contributed by atoms with Crippen LogP contribution in [0.3, 0.4) is 0 Å². The average molecular weight is 305 g/mol. The van der Waals surface area contributed by atoms with Crippen molar-refractivity contribution in [3.05, 3.63) is 35.1 Å². The molecule has 1 fully saturated rings. The molecular formula is C16H20FN3O2. The van der Waals surface area contributed by atoms with Crippen LogP contribution < -0.4 is 0 Å². The lowest BCUT2D eigenvalue weighted by Crippen LogP contribution is -2.40. The van der Waals surface area contributed by atoms with Crippen LogP contribution >= 0.6 is 0 Å². The maximum atomic E-state index is 13.6.